The summed E-state index contributed by atoms with van der Waals surface area (Å²) >= 11 is 3.29. The molecule has 0 saturated carbocycles. The summed E-state index contributed by atoms with van der Waals surface area (Å²) in [6.07, 6.45) is 1.17. The van der Waals surface area contributed by atoms with Gasteiger partial charge >= 0.3 is 0 Å². The zero-order valence-corrected chi connectivity index (χ0v) is 9.63. The van der Waals surface area contributed by atoms with Crippen molar-refractivity contribution in [3.63, 3.8) is 0 Å². The molecule has 0 N–H and O–H groups in total. The second kappa shape index (κ2) is 4.56. The molecule has 1 aromatic heterocycles. The van der Waals surface area contributed by atoms with Crippen LogP contribution < -0.4 is 4.74 Å². The molecule has 3 nitrogen and oxygen atoms in total. The Morgan fingerprint density at radius 2 is 2.23 bits per heavy atom. The van der Waals surface area contributed by atoms with Gasteiger partial charge in [0.25, 0.3) is 0 Å². The van der Waals surface area contributed by atoms with Crippen LogP contribution in [0.5, 0.6) is 5.88 Å². The first-order chi connectivity index (χ1) is 6.11. The molecule has 0 aliphatic rings. The highest BCUT2D eigenvalue weighted by Gasteiger charge is 2.04. The van der Waals surface area contributed by atoms with Crippen LogP contribution in [0.4, 0.5) is 0 Å². The normalized spacial score (nSPS) is 12.6. The van der Waals surface area contributed by atoms with E-state index in [0.29, 0.717) is 11.7 Å². The topological polar surface area (TPSA) is 35.0 Å². The molecule has 0 aromatic carbocycles. The quantitative estimate of drug-likeness (QED) is 0.768. The van der Waals surface area contributed by atoms with Gasteiger partial charge in [-0.2, -0.15) is 4.98 Å². The smallest absolute Gasteiger partial charge is 0.217 e. The first-order valence-electron chi connectivity index (χ1n) is 4.29. The average molecular weight is 245 g/mol. The Morgan fingerprint density at radius 3 is 2.77 bits per heavy atom. The second-order valence-electron chi connectivity index (χ2n) is 2.91. The lowest BCUT2D eigenvalue weighted by Crippen LogP contribution is -2.11. The van der Waals surface area contributed by atoms with Crippen LogP contribution in [-0.2, 0) is 0 Å². The summed E-state index contributed by atoms with van der Waals surface area (Å²) in [6.45, 7) is 5.94. The molecule has 72 valence electrons. The number of nitrogens with zero attached hydrogens (tertiary/aromatic N) is 2. The van der Waals surface area contributed by atoms with Gasteiger partial charge in [0.1, 0.15) is 10.4 Å². The molecule has 0 aliphatic heterocycles. The van der Waals surface area contributed by atoms with E-state index in [0.717, 1.165) is 11.0 Å². The standard InChI is InChI=1S/C9H13BrN2O/c1-4-6(2)13-9-5-8(10)11-7(3)12-9/h5-6H,4H2,1-3H3. The maximum atomic E-state index is 5.54. The second-order valence-corrected chi connectivity index (χ2v) is 3.73. The van der Waals surface area contributed by atoms with Crippen LogP contribution in [0.2, 0.25) is 0 Å². The van der Waals surface area contributed by atoms with Gasteiger partial charge in [0.05, 0.1) is 6.10 Å². The molecule has 0 fully saturated rings. The Hall–Kier alpha value is -0.640. The Morgan fingerprint density at radius 1 is 1.54 bits per heavy atom. The minimum Gasteiger partial charge on any atom is -0.475 e. The van der Waals surface area contributed by atoms with Crippen molar-refractivity contribution in [3.8, 4) is 5.88 Å². The summed E-state index contributed by atoms with van der Waals surface area (Å²) in [5, 5.41) is 0. The highest BCUT2D eigenvalue weighted by atomic mass is 79.9. The van der Waals surface area contributed by atoms with Crippen LogP contribution in [0.1, 0.15) is 26.1 Å². The van der Waals surface area contributed by atoms with Gasteiger partial charge in [0, 0.05) is 6.07 Å². The molecule has 0 spiro atoms. The van der Waals surface area contributed by atoms with Crippen LogP contribution in [-0.4, -0.2) is 16.1 Å². The lowest BCUT2D eigenvalue weighted by Gasteiger charge is -2.11. The molecule has 0 saturated heterocycles. The van der Waals surface area contributed by atoms with E-state index in [1.807, 2.05) is 13.8 Å². The van der Waals surface area contributed by atoms with Crippen LogP contribution in [0.25, 0.3) is 0 Å². The Kier molecular flexibility index (Phi) is 3.66. The molecule has 0 radical (unpaired) electrons. The molecule has 1 atom stereocenters. The van der Waals surface area contributed by atoms with E-state index in [2.05, 4.69) is 32.8 Å². The van der Waals surface area contributed by atoms with Gasteiger partial charge in [0.2, 0.25) is 5.88 Å². The Labute approximate surface area is 86.7 Å². The van der Waals surface area contributed by atoms with Gasteiger partial charge < -0.3 is 4.74 Å². The van der Waals surface area contributed by atoms with Crippen molar-refractivity contribution < 1.29 is 4.74 Å². The number of aryl methyl sites for hydroxylation is 1. The molecule has 4 heteroatoms. The molecule has 0 bridgehead atoms. The minimum absolute atomic E-state index is 0.196. The molecule has 1 unspecified atom stereocenters. The fourth-order valence-corrected chi connectivity index (χ4v) is 1.31. The van der Waals surface area contributed by atoms with E-state index in [9.17, 15) is 0 Å². The van der Waals surface area contributed by atoms with E-state index in [1.165, 1.54) is 0 Å². The van der Waals surface area contributed by atoms with Gasteiger partial charge in [-0.25, -0.2) is 4.98 Å². The predicted octanol–water partition coefficient (Wildman–Crippen LogP) is 2.72. The van der Waals surface area contributed by atoms with Crippen molar-refractivity contribution in [2.45, 2.75) is 33.3 Å². The first-order valence-corrected chi connectivity index (χ1v) is 5.09. The Balaban J connectivity index is 2.77. The van der Waals surface area contributed by atoms with E-state index in [1.54, 1.807) is 6.07 Å². The highest BCUT2D eigenvalue weighted by molar-refractivity contribution is 9.10. The monoisotopic (exact) mass is 244 g/mol. The number of hydrogen-bond acceptors (Lipinski definition) is 3. The number of ether oxygens (including phenoxy) is 1. The molecule has 13 heavy (non-hydrogen) atoms. The third-order valence-electron chi connectivity index (χ3n) is 1.68. The summed E-state index contributed by atoms with van der Waals surface area (Å²) in [7, 11) is 0. The van der Waals surface area contributed by atoms with E-state index >= 15 is 0 Å². The zero-order valence-electron chi connectivity index (χ0n) is 8.04. The van der Waals surface area contributed by atoms with E-state index < -0.39 is 0 Å². The summed E-state index contributed by atoms with van der Waals surface area (Å²) in [5.41, 5.74) is 0. The first kappa shape index (κ1) is 10.4. The third kappa shape index (κ3) is 3.30. The number of rotatable bonds is 3. The third-order valence-corrected chi connectivity index (χ3v) is 2.09. The number of aromatic nitrogens is 2. The predicted molar refractivity (Wildman–Crippen MR) is 54.9 cm³/mol. The van der Waals surface area contributed by atoms with Crippen LogP contribution >= 0.6 is 15.9 Å². The zero-order chi connectivity index (χ0) is 9.84. The maximum Gasteiger partial charge on any atom is 0.217 e. The van der Waals surface area contributed by atoms with Crippen molar-refractivity contribution >= 4 is 15.9 Å². The van der Waals surface area contributed by atoms with Gasteiger partial charge in [0.15, 0.2) is 0 Å². The van der Waals surface area contributed by atoms with Gasteiger partial charge in [-0.3, -0.25) is 0 Å². The average Bonchev–Trinajstić information content (AvgIpc) is 2.02. The van der Waals surface area contributed by atoms with Crippen molar-refractivity contribution in [3.05, 3.63) is 16.5 Å². The SMILES string of the molecule is CCC(C)Oc1cc(Br)nc(C)n1. The van der Waals surface area contributed by atoms with Crippen molar-refractivity contribution in [1.29, 1.82) is 0 Å². The van der Waals surface area contributed by atoms with Crippen molar-refractivity contribution in [2.75, 3.05) is 0 Å². The lowest BCUT2D eigenvalue weighted by atomic mass is 10.3. The van der Waals surface area contributed by atoms with Gasteiger partial charge in [-0.15, -0.1) is 0 Å². The summed E-state index contributed by atoms with van der Waals surface area (Å²) in [4.78, 5) is 8.25. The van der Waals surface area contributed by atoms with Gasteiger partial charge in [-0.05, 0) is 36.2 Å². The molecular formula is C9H13BrN2O. The molecule has 0 aliphatic carbocycles. The fourth-order valence-electron chi connectivity index (χ4n) is 0.855. The molecule has 1 rings (SSSR count). The van der Waals surface area contributed by atoms with E-state index in [4.69, 9.17) is 4.74 Å². The van der Waals surface area contributed by atoms with Crippen molar-refractivity contribution in [2.24, 2.45) is 0 Å². The summed E-state index contributed by atoms with van der Waals surface area (Å²) in [5.74, 6) is 1.35. The minimum atomic E-state index is 0.196. The number of hydrogen-bond donors (Lipinski definition) is 0. The van der Waals surface area contributed by atoms with Crippen LogP contribution in [0.3, 0.4) is 0 Å². The van der Waals surface area contributed by atoms with Gasteiger partial charge in [-0.1, -0.05) is 6.92 Å². The summed E-state index contributed by atoms with van der Waals surface area (Å²) < 4.78 is 6.31. The molecule has 1 aromatic rings. The number of halogens is 1. The van der Waals surface area contributed by atoms with Crippen LogP contribution in [0, 0.1) is 6.92 Å². The largest absolute Gasteiger partial charge is 0.475 e. The molecule has 1 heterocycles. The van der Waals surface area contributed by atoms with E-state index in [-0.39, 0.29) is 6.10 Å². The lowest BCUT2D eigenvalue weighted by molar-refractivity contribution is 0.207. The fraction of sp³-hybridized carbons (Fsp3) is 0.556. The highest BCUT2D eigenvalue weighted by Crippen LogP contribution is 2.15. The molecule has 0 amide bonds. The Bertz CT molecular complexity index is 271. The molecular weight excluding hydrogens is 232 g/mol. The van der Waals surface area contributed by atoms with Crippen LogP contribution in [0.15, 0.2) is 10.7 Å². The summed E-state index contributed by atoms with van der Waals surface area (Å²) in [6, 6.07) is 1.78. The maximum absolute atomic E-state index is 5.54. The van der Waals surface area contributed by atoms with Crippen molar-refractivity contribution in [1.82, 2.24) is 9.97 Å².